The molecule has 0 atom stereocenters. The molecule has 0 aromatic rings. The Bertz CT molecular complexity index is 196. The average Bonchev–Trinajstić information content (AvgIpc) is 2.19. The fourth-order valence-electron chi connectivity index (χ4n) is 1.97. The molecule has 2 aliphatic heterocycles. The van der Waals surface area contributed by atoms with Gasteiger partial charge in [-0.1, -0.05) is 0 Å². The van der Waals surface area contributed by atoms with Crippen molar-refractivity contribution in [3.05, 3.63) is 0 Å². The first-order valence-electron chi connectivity index (χ1n) is 3.34. The average molecular weight is 142 g/mol. The van der Waals surface area contributed by atoms with Crippen molar-refractivity contribution in [2.75, 3.05) is 6.54 Å². The molecule has 0 spiro atoms. The van der Waals surface area contributed by atoms with Gasteiger partial charge in [-0.2, -0.15) is 0 Å². The summed E-state index contributed by atoms with van der Waals surface area (Å²) >= 11 is 0. The number of fused-ring (bicyclic) bond motifs is 1. The first-order valence-corrected chi connectivity index (χ1v) is 3.34. The minimum Gasteiger partial charge on any atom is -0.480 e. The van der Waals surface area contributed by atoms with E-state index < -0.39 is 11.5 Å². The number of carboxylic acid groups (broad SMARTS) is 1. The van der Waals surface area contributed by atoms with Gasteiger partial charge >= 0.3 is 5.97 Å². The van der Waals surface area contributed by atoms with Crippen molar-refractivity contribution in [3.8, 4) is 0 Å². The second-order valence-electron chi connectivity index (χ2n) is 3.46. The smallest absolute Gasteiger partial charge is 0.324 e. The number of aliphatic carboxylic acids is 1. The molecule has 2 heterocycles. The Labute approximate surface area is 58.4 Å². The molecule has 4 N–H and O–H groups in total. The van der Waals surface area contributed by atoms with Gasteiger partial charge in [0.05, 0.1) is 0 Å². The Morgan fingerprint density at radius 3 is 2.40 bits per heavy atom. The van der Waals surface area contributed by atoms with Gasteiger partial charge in [0.1, 0.15) is 5.54 Å². The van der Waals surface area contributed by atoms with E-state index in [0.717, 1.165) is 0 Å². The number of carbonyl (C=O) groups is 1. The number of rotatable bonds is 1. The van der Waals surface area contributed by atoms with Crippen molar-refractivity contribution in [2.24, 2.45) is 5.73 Å². The molecule has 56 valence electrons. The molecular weight excluding hydrogens is 132 g/mol. The van der Waals surface area contributed by atoms with Crippen LogP contribution >= 0.6 is 0 Å². The van der Waals surface area contributed by atoms with E-state index in [4.69, 9.17) is 10.8 Å². The highest BCUT2D eigenvalue weighted by Crippen LogP contribution is 2.45. The highest BCUT2D eigenvalue weighted by atomic mass is 16.4. The normalized spacial score (nSPS) is 50.5. The van der Waals surface area contributed by atoms with Crippen molar-refractivity contribution in [1.29, 1.82) is 0 Å². The van der Waals surface area contributed by atoms with Gasteiger partial charge in [-0.3, -0.25) is 10.1 Å². The molecule has 4 heteroatoms. The van der Waals surface area contributed by atoms with E-state index in [2.05, 4.69) is 5.32 Å². The molecule has 0 amide bonds. The van der Waals surface area contributed by atoms with Crippen LogP contribution in [0.5, 0.6) is 0 Å². The van der Waals surface area contributed by atoms with Gasteiger partial charge in [-0.25, -0.2) is 0 Å². The molecule has 10 heavy (non-hydrogen) atoms. The molecule has 4 nitrogen and oxygen atoms in total. The summed E-state index contributed by atoms with van der Waals surface area (Å²) in [5, 5.41) is 11.6. The quantitative estimate of drug-likeness (QED) is 0.434. The minimum absolute atomic E-state index is 0.210. The SMILES string of the molecule is NC12CNC(C(=O)O)(C1)C2. The zero-order valence-electron chi connectivity index (χ0n) is 5.55. The maximum atomic E-state index is 10.6. The summed E-state index contributed by atoms with van der Waals surface area (Å²) in [6.45, 7) is 0.652. The zero-order chi connectivity index (χ0) is 7.41. The summed E-state index contributed by atoms with van der Waals surface area (Å²) in [6.07, 6.45) is 1.19. The molecule has 3 fully saturated rings. The Morgan fingerprint density at radius 1 is 1.60 bits per heavy atom. The van der Waals surface area contributed by atoms with Crippen molar-refractivity contribution in [1.82, 2.24) is 5.32 Å². The Morgan fingerprint density at radius 2 is 2.20 bits per heavy atom. The summed E-state index contributed by atoms with van der Waals surface area (Å²) in [6, 6.07) is 0. The van der Waals surface area contributed by atoms with Crippen LogP contribution in [0.2, 0.25) is 0 Å². The summed E-state index contributed by atoms with van der Waals surface area (Å²) in [4.78, 5) is 10.6. The van der Waals surface area contributed by atoms with E-state index in [0.29, 0.717) is 19.4 Å². The van der Waals surface area contributed by atoms with Crippen LogP contribution in [0.25, 0.3) is 0 Å². The van der Waals surface area contributed by atoms with E-state index in [1.165, 1.54) is 0 Å². The van der Waals surface area contributed by atoms with Crippen molar-refractivity contribution >= 4 is 5.97 Å². The third-order valence-electron chi connectivity index (χ3n) is 2.50. The van der Waals surface area contributed by atoms with E-state index in [1.54, 1.807) is 0 Å². The molecule has 1 aliphatic carbocycles. The maximum absolute atomic E-state index is 10.6. The van der Waals surface area contributed by atoms with Gasteiger partial charge in [0, 0.05) is 12.1 Å². The van der Waals surface area contributed by atoms with Gasteiger partial charge in [0.25, 0.3) is 0 Å². The van der Waals surface area contributed by atoms with Crippen LogP contribution in [0.4, 0.5) is 0 Å². The number of hydrogen-bond donors (Lipinski definition) is 3. The molecule has 0 aromatic carbocycles. The summed E-state index contributed by atoms with van der Waals surface area (Å²) in [7, 11) is 0. The van der Waals surface area contributed by atoms with E-state index in [-0.39, 0.29) is 5.54 Å². The number of nitrogens with two attached hydrogens (primary N) is 1. The zero-order valence-corrected chi connectivity index (χ0v) is 5.55. The molecule has 3 aliphatic rings. The van der Waals surface area contributed by atoms with E-state index in [9.17, 15) is 4.79 Å². The first kappa shape index (κ1) is 6.12. The van der Waals surface area contributed by atoms with Crippen LogP contribution in [0, 0.1) is 0 Å². The molecule has 3 rings (SSSR count). The van der Waals surface area contributed by atoms with Gasteiger partial charge in [0.15, 0.2) is 0 Å². The van der Waals surface area contributed by atoms with Crippen LogP contribution in [0.15, 0.2) is 0 Å². The first-order chi connectivity index (χ1) is 4.56. The number of nitrogens with one attached hydrogen (secondary N) is 1. The fourth-order valence-corrected chi connectivity index (χ4v) is 1.97. The van der Waals surface area contributed by atoms with Crippen LogP contribution in [0.1, 0.15) is 12.8 Å². The lowest BCUT2D eigenvalue weighted by Gasteiger charge is -2.40. The molecule has 0 aromatic heterocycles. The van der Waals surface area contributed by atoms with Crippen molar-refractivity contribution in [2.45, 2.75) is 23.9 Å². The summed E-state index contributed by atoms with van der Waals surface area (Å²) < 4.78 is 0. The fraction of sp³-hybridized carbons (Fsp3) is 0.833. The second-order valence-corrected chi connectivity index (χ2v) is 3.46. The van der Waals surface area contributed by atoms with Crippen LogP contribution < -0.4 is 11.1 Å². The van der Waals surface area contributed by atoms with E-state index >= 15 is 0 Å². The minimum atomic E-state index is -0.758. The maximum Gasteiger partial charge on any atom is 0.324 e. The largest absolute Gasteiger partial charge is 0.480 e. The Hall–Kier alpha value is -0.610. The molecule has 2 saturated heterocycles. The van der Waals surface area contributed by atoms with Crippen molar-refractivity contribution < 1.29 is 9.90 Å². The van der Waals surface area contributed by atoms with Gasteiger partial charge < -0.3 is 10.8 Å². The standard InChI is InChI=1S/C6H10N2O2/c7-5-1-6(2-5,4(9)10)8-3-5/h8H,1-3,7H2,(H,9,10). The third-order valence-corrected chi connectivity index (χ3v) is 2.50. The van der Waals surface area contributed by atoms with E-state index in [1.807, 2.05) is 0 Å². The number of carboxylic acids is 1. The highest BCUT2D eigenvalue weighted by Gasteiger charge is 2.63. The molecule has 0 radical (unpaired) electrons. The predicted molar refractivity (Wildman–Crippen MR) is 34.5 cm³/mol. The Balaban J connectivity index is 2.20. The Kier molecular flexibility index (Phi) is 0.830. The lowest BCUT2D eigenvalue weighted by Crippen LogP contribution is -2.60. The second kappa shape index (κ2) is 1.35. The van der Waals surface area contributed by atoms with Gasteiger partial charge in [-0.05, 0) is 12.8 Å². The summed E-state index contributed by atoms with van der Waals surface area (Å²) in [5.41, 5.74) is 4.87. The highest BCUT2D eigenvalue weighted by molar-refractivity contribution is 5.82. The predicted octanol–water partition coefficient (Wildman–Crippen LogP) is -1.10. The van der Waals surface area contributed by atoms with Gasteiger partial charge in [-0.15, -0.1) is 0 Å². The van der Waals surface area contributed by atoms with Gasteiger partial charge in [0.2, 0.25) is 0 Å². The molecular formula is C6H10N2O2. The third kappa shape index (κ3) is 0.507. The number of hydrogen-bond acceptors (Lipinski definition) is 3. The lowest BCUT2D eigenvalue weighted by molar-refractivity contribution is -0.147. The monoisotopic (exact) mass is 142 g/mol. The molecule has 2 bridgehead atoms. The van der Waals surface area contributed by atoms with Crippen molar-refractivity contribution in [3.63, 3.8) is 0 Å². The van der Waals surface area contributed by atoms with Crippen LogP contribution in [-0.4, -0.2) is 28.7 Å². The topological polar surface area (TPSA) is 75.3 Å². The molecule has 0 unspecified atom stereocenters. The summed E-state index contributed by atoms with van der Waals surface area (Å²) in [5.74, 6) is -0.758. The van der Waals surface area contributed by atoms with Crippen LogP contribution in [0.3, 0.4) is 0 Å². The van der Waals surface area contributed by atoms with Crippen LogP contribution in [-0.2, 0) is 4.79 Å². The molecule has 1 saturated carbocycles. The lowest BCUT2D eigenvalue weighted by atomic mass is 9.68.